The molecule has 0 saturated carbocycles. The minimum Gasteiger partial charge on any atom is -0.458 e. The molecule has 1 unspecified atom stereocenters. The van der Waals surface area contributed by atoms with Crippen LogP contribution in [-0.4, -0.2) is 95.6 Å². The second-order valence-corrected chi connectivity index (χ2v) is 17.1. The maximum atomic E-state index is 14.1. The fraction of sp³-hybridized carbons (Fsp3) is 0.481. The van der Waals surface area contributed by atoms with E-state index in [1.807, 2.05) is 0 Å². The van der Waals surface area contributed by atoms with Gasteiger partial charge in [-0.2, -0.15) is 12.7 Å². The summed E-state index contributed by atoms with van der Waals surface area (Å²) >= 11 is 0. The summed E-state index contributed by atoms with van der Waals surface area (Å²) in [6.07, 6.45) is -0.369. The van der Waals surface area contributed by atoms with Crippen molar-refractivity contribution < 1.29 is 43.8 Å². The summed E-state index contributed by atoms with van der Waals surface area (Å²) in [4.78, 5) is 27.3. The van der Waals surface area contributed by atoms with E-state index in [9.17, 15) is 34.8 Å². The van der Waals surface area contributed by atoms with Crippen LogP contribution in [0.25, 0.3) is 0 Å². The minimum absolute atomic E-state index is 0.0388. The molecule has 0 bridgehead atoms. The summed E-state index contributed by atoms with van der Waals surface area (Å²) in [5, 5.41) is 2.77. The highest BCUT2D eigenvalue weighted by atomic mass is 32.2. The Morgan fingerprint density at radius 3 is 2.09 bits per heavy atom. The van der Waals surface area contributed by atoms with Gasteiger partial charge in [0.15, 0.2) is 9.84 Å². The van der Waals surface area contributed by atoms with Crippen molar-refractivity contribution in [3.63, 3.8) is 0 Å². The lowest BCUT2D eigenvalue weighted by atomic mass is 10.0. The lowest BCUT2D eigenvalue weighted by Gasteiger charge is -2.35. The number of nitrogens with zero attached hydrogens (tertiary/aromatic N) is 2. The van der Waals surface area contributed by atoms with E-state index in [1.54, 1.807) is 27.7 Å². The van der Waals surface area contributed by atoms with E-state index in [2.05, 4.69) is 5.32 Å². The first-order valence-electron chi connectivity index (χ1n) is 13.2. The molecule has 1 aliphatic heterocycles. The van der Waals surface area contributed by atoms with Gasteiger partial charge in [0.05, 0.1) is 16.4 Å². The number of carbonyl (C=O) groups is 2. The van der Waals surface area contributed by atoms with Crippen LogP contribution >= 0.6 is 0 Å². The molecule has 1 saturated heterocycles. The quantitative estimate of drug-likeness (QED) is 0.361. The van der Waals surface area contributed by atoms with Crippen LogP contribution in [0.5, 0.6) is 5.75 Å². The second-order valence-electron chi connectivity index (χ2n) is 11.3. The van der Waals surface area contributed by atoms with Crippen LogP contribution in [0.3, 0.4) is 0 Å². The normalized spacial score (nSPS) is 18.1. The van der Waals surface area contributed by atoms with Gasteiger partial charge in [-0.3, -0.25) is 4.79 Å². The monoisotopic (exact) mass is 659 g/mol. The minimum atomic E-state index is -4.73. The number of amides is 1. The number of hydrogen-bond donors (Lipinski definition) is 1. The van der Waals surface area contributed by atoms with Crippen LogP contribution in [-0.2, 0) is 50.9 Å². The van der Waals surface area contributed by atoms with E-state index in [0.29, 0.717) is 9.87 Å². The molecular formula is C27H37N3O10S3. The van der Waals surface area contributed by atoms with E-state index >= 15 is 0 Å². The first-order valence-corrected chi connectivity index (χ1v) is 17.9. The molecular weight excluding hydrogens is 623 g/mol. The van der Waals surface area contributed by atoms with Crippen LogP contribution in [0, 0.1) is 6.92 Å². The summed E-state index contributed by atoms with van der Waals surface area (Å²) in [6, 6.07) is 7.93. The molecule has 0 aromatic heterocycles. The number of nitrogens with one attached hydrogen (secondary N) is 1. The Morgan fingerprint density at radius 2 is 1.58 bits per heavy atom. The highest BCUT2D eigenvalue weighted by Crippen LogP contribution is 2.26. The van der Waals surface area contributed by atoms with Crippen molar-refractivity contribution in [2.45, 2.75) is 56.7 Å². The number of ether oxygens (including phenoxy) is 1. The standard InChI is InChI=1S/C27H37N3O10S3/c1-19-7-13-22(14-8-19)42(35,36)30(25(31)23-18-41(33,34)16-15-28-23)24(26(32)39-27(2,3)4)17-20-9-11-21(12-10-20)40-43(37,38)29(5)6/h7-14,23-24,28H,15-18H2,1-6H3/t23?,24-/m0/s1. The summed E-state index contributed by atoms with van der Waals surface area (Å²) in [5.41, 5.74) is 0.0215. The zero-order valence-corrected chi connectivity index (χ0v) is 27.3. The fourth-order valence-corrected chi connectivity index (χ4v) is 7.53. The maximum absolute atomic E-state index is 14.1. The number of sulfone groups is 1. The number of carbonyl (C=O) groups excluding carboxylic acids is 2. The average molecular weight is 660 g/mol. The smallest absolute Gasteiger partial charge is 0.384 e. The fourth-order valence-electron chi connectivity index (χ4n) is 4.09. The van der Waals surface area contributed by atoms with Crippen LogP contribution in [0.15, 0.2) is 53.4 Å². The van der Waals surface area contributed by atoms with Gasteiger partial charge >= 0.3 is 16.3 Å². The first kappa shape index (κ1) is 34.4. The number of sulfonamides is 1. The maximum Gasteiger partial charge on any atom is 0.384 e. The van der Waals surface area contributed by atoms with Gasteiger partial charge < -0.3 is 14.2 Å². The zero-order chi connectivity index (χ0) is 32.4. The summed E-state index contributed by atoms with van der Waals surface area (Å²) in [7, 11) is -9.86. The van der Waals surface area contributed by atoms with Gasteiger partial charge in [-0.25, -0.2) is 25.9 Å². The average Bonchev–Trinajstić information content (AvgIpc) is 2.87. The highest BCUT2D eigenvalue weighted by Gasteiger charge is 2.45. The zero-order valence-electron chi connectivity index (χ0n) is 24.8. The van der Waals surface area contributed by atoms with Crippen LogP contribution in [0.1, 0.15) is 31.9 Å². The van der Waals surface area contributed by atoms with Crippen molar-refractivity contribution >= 4 is 42.0 Å². The number of benzene rings is 2. The lowest BCUT2D eigenvalue weighted by molar-refractivity contribution is -0.162. The Morgan fingerprint density at radius 1 is 1.00 bits per heavy atom. The van der Waals surface area contributed by atoms with E-state index in [4.69, 9.17) is 8.92 Å². The molecule has 43 heavy (non-hydrogen) atoms. The molecule has 2 aromatic rings. The van der Waals surface area contributed by atoms with E-state index in [1.165, 1.54) is 62.6 Å². The third kappa shape index (κ3) is 8.98. The summed E-state index contributed by atoms with van der Waals surface area (Å²) < 4.78 is 89.0. The van der Waals surface area contributed by atoms with Crippen LogP contribution < -0.4 is 9.50 Å². The Balaban J connectivity index is 2.13. The van der Waals surface area contributed by atoms with Gasteiger partial charge in [0, 0.05) is 27.1 Å². The van der Waals surface area contributed by atoms with Crippen molar-refractivity contribution in [2.24, 2.45) is 0 Å². The van der Waals surface area contributed by atoms with Crippen molar-refractivity contribution in [1.82, 2.24) is 13.9 Å². The van der Waals surface area contributed by atoms with Gasteiger partial charge in [0.1, 0.15) is 23.4 Å². The largest absolute Gasteiger partial charge is 0.458 e. The SMILES string of the molecule is Cc1ccc(S(=O)(=O)N(C(=O)C2CS(=O)(=O)CCN2)[C@@H](Cc2ccc(OS(=O)(=O)N(C)C)cc2)C(=O)OC(C)(C)C)cc1. The molecule has 1 amide bonds. The van der Waals surface area contributed by atoms with Crippen LogP contribution in [0.4, 0.5) is 0 Å². The second kappa shape index (κ2) is 12.9. The van der Waals surface area contributed by atoms with Crippen LogP contribution in [0.2, 0.25) is 0 Å². The van der Waals surface area contributed by atoms with E-state index in [-0.39, 0.29) is 29.4 Å². The van der Waals surface area contributed by atoms with Crippen molar-refractivity contribution in [3.05, 3.63) is 59.7 Å². The molecule has 0 radical (unpaired) electrons. The molecule has 0 aliphatic carbocycles. The summed E-state index contributed by atoms with van der Waals surface area (Å²) in [5.74, 6) is -3.08. The molecule has 238 valence electrons. The molecule has 2 aromatic carbocycles. The Bertz CT molecular complexity index is 1650. The van der Waals surface area contributed by atoms with Gasteiger partial charge in [0.2, 0.25) is 0 Å². The highest BCUT2D eigenvalue weighted by molar-refractivity contribution is 7.91. The van der Waals surface area contributed by atoms with Crippen molar-refractivity contribution in [1.29, 1.82) is 0 Å². The van der Waals surface area contributed by atoms with E-state index in [0.717, 1.165) is 9.87 Å². The van der Waals surface area contributed by atoms with Gasteiger partial charge in [-0.05, 0) is 57.5 Å². The predicted octanol–water partition coefficient (Wildman–Crippen LogP) is 1.04. The van der Waals surface area contributed by atoms with Gasteiger partial charge in [-0.1, -0.05) is 29.8 Å². The molecule has 3 rings (SSSR count). The molecule has 1 fully saturated rings. The molecule has 1 aliphatic rings. The number of hydrogen-bond acceptors (Lipinski definition) is 11. The van der Waals surface area contributed by atoms with Gasteiger partial charge in [-0.15, -0.1) is 0 Å². The molecule has 16 heteroatoms. The number of aryl methyl sites for hydroxylation is 1. The van der Waals surface area contributed by atoms with E-state index < -0.39 is 65.5 Å². The van der Waals surface area contributed by atoms with Gasteiger partial charge in [0.25, 0.3) is 15.9 Å². The molecule has 13 nitrogen and oxygen atoms in total. The third-order valence-electron chi connectivity index (χ3n) is 6.28. The Labute approximate surface area is 253 Å². The van der Waals surface area contributed by atoms with Crippen molar-refractivity contribution in [2.75, 3.05) is 32.1 Å². The molecule has 0 spiro atoms. The van der Waals surface area contributed by atoms with Crippen molar-refractivity contribution in [3.8, 4) is 5.75 Å². The molecule has 1 heterocycles. The molecule has 1 N–H and O–H groups in total. The predicted molar refractivity (Wildman–Crippen MR) is 159 cm³/mol. The third-order valence-corrected chi connectivity index (χ3v) is 11.1. The first-order chi connectivity index (χ1) is 19.7. The Kier molecular flexibility index (Phi) is 10.3. The lowest BCUT2D eigenvalue weighted by Crippen LogP contribution is -2.60. The topological polar surface area (TPSA) is 174 Å². The summed E-state index contributed by atoms with van der Waals surface area (Å²) in [6.45, 7) is 6.40. The molecule has 2 atom stereocenters. The number of rotatable bonds is 10. The Hall–Kier alpha value is -3.05. The number of esters is 1.